The molecule has 0 spiro atoms. The second kappa shape index (κ2) is 5.23. The summed E-state index contributed by atoms with van der Waals surface area (Å²) in [5.74, 6) is -0.314. The van der Waals surface area contributed by atoms with Crippen LogP contribution < -0.4 is 5.32 Å². The maximum Gasteiger partial charge on any atom is 0.246 e. The minimum Gasteiger partial charge on any atom is -0.380 e. The molecule has 1 rings (SSSR count). The highest BCUT2D eigenvalue weighted by Crippen LogP contribution is 2.07. The highest BCUT2D eigenvalue weighted by Gasteiger charge is 2.33. The monoisotopic (exact) mass is 214 g/mol. The number of amides is 2. The van der Waals surface area contributed by atoms with Gasteiger partial charge in [0, 0.05) is 7.11 Å². The van der Waals surface area contributed by atoms with Gasteiger partial charge in [0.15, 0.2) is 0 Å². The quantitative estimate of drug-likeness (QED) is 0.656. The minimum absolute atomic E-state index is 0.117. The highest BCUT2D eigenvalue weighted by molar-refractivity contribution is 6.01. The first-order chi connectivity index (χ1) is 7.10. The highest BCUT2D eigenvalue weighted by atomic mass is 16.5. The number of nitrogens with one attached hydrogen (secondary N) is 1. The Hall–Kier alpha value is -0.940. The Kier molecular flexibility index (Phi) is 4.23. The Bertz CT molecular complexity index is 255. The van der Waals surface area contributed by atoms with Gasteiger partial charge in [-0.25, -0.2) is 0 Å². The van der Waals surface area contributed by atoms with E-state index in [1.54, 1.807) is 7.11 Å². The number of hydrogen-bond donors (Lipinski definition) is 1. The van der Waals surface area contributed by atoms with Gasteiger partial charge in [-0.15, -0.1) is 0 Å². The maximum absolute atomic E-state index is 11.8. The van der Waals surface area contributed by atoms with Crippen molar-refractivity contribution < 1.29 is 14.3 Å². The fraction of sp³-hybridized carbons (Fsp3) is 0.800. The number of piperazine rings is 1. The minimum atomic E-state index is -0.230. The lowest BCUT2D eigenvalue weighted by atomic mass is 10.1. The average molecular weight is 214 g/mol. The van der Waals surface area contributed by atoms with Crippen LogP contribution in [0.3, 0.4) is 0 Å². The van der Waals surface area contributed by atoms with Gasteiger partial charge < -0.3 is 4.74 Å². The number of methoxy groups -OCH3 is 1. The molecule has 1 fully saturated rings. The lowest BCUT2D eigenvalue weighted by Gasteiger charge is -2.32. The molecule has 5 heteroatoms. The number of rotatable bonds is 4. The molecule has 1 N–H and O–H groups in total. The van der Waals surface area contributed by atoms with Crippen molar-refractivity contribution in [3.05, 3.63) is 0 Å². The van der Waals surface area contributed by atoms with Crippen LogP contribution in [0.25, 0.3) is 0 Å². The summed E-state index contributed by atoms with van der Waals surface area (Å²) in [4.78, 5) is 24.6. The number of carbonyl (C=O) groups excluding carboxylic acids is 2. The molecule has 0 radical (unpaired) electrons. The lowest BCUT2D eigenvalue weighted by Crippen LogP contribution is -2.59. The van der Waals surface area contributed by atoms with Crippen molar-refractivity contribution in [2.45, 2.75) is 32.4 Å². The van der Waals surface area contributed by atoms with Crippen LogP contribution >= 0.6 is 0 Å². The van der Waals surface area contributed by atoms with Gasteiger partial charge in [-0.3, -0.25) is 19.8 Å². The summed E-state index contributed by atoms with van der Waals surface area (Å²) in [7, 11) is 1.57. The number of imide groups is 1. The second-order valence-electron chi connectivity index (χ2n) is 3.73. The van der Waals surface area contributed by atoms with Crippen LogP contribution in [-0.4, -0.2) is 49.1 Å². The maximum atomic E-state index is 11.8. The molecule has 15 heavy (non-hydrogen) atoms. The molecule has 1 aliphatic heterocycles. The van der Waals surface area contributed by atoms with Crippen molar-refractivity contribution >= 4 is 11.8 Å². The Morgan fingerprint density at radius 3 is 2.80 bits per heavy atom. The van der Waals surface area contributed by atoms with E-state index in [4.69, 9.17) is 4.74 Å². The zero-order valence-electron chi connectivity index (χ0n) is 9.45. The lowest BCUT2D eigenvalue weighted by molar-refractivity contribution is -0.151. The van der Waals surface area contributed by atoms with Gasteiger partial charge in [0.1, 0.15) is 0 Å². The third-order valence-corrected chi connectivity index (χ3v) is 2.62. The zero-order chi connectivity index (χ0) is 11.4. The molecule has 0 aromatic carbocycles. The van der Waals surface area contributed by atoms with E-state index in [1.165, 1.54) is 4.90 Å². The molecule has 0 aliphatic carbocycles. The van der Waals surface area contributed by atoms with E-state index in [0.29, 0.717) is 13.0 Å². The standard InChI is InChI=1S/C10H18N2O3/c1-4-8-10(14)12(6-7(2)15-3)9(13)5-11-8/h7-8,11H,4-6H2,1-3H3. The summed E-state index contributed by atoms with van der Waals surface area (Å²) in [6.45, 7) is 4.33. The van der Waals surface area contributed by atoms with Crippen molar-refractivity contribution in [1.82, 2.24) is 10.2 Å². The Labute approximate surface area is 89.8 Å². The largest absolute Gasteiger partial charge is 0.380 e. The van der Waals surface area contributed by atoms with Crippen LogP contribution in [-0.2, 0) is 14.3 Å². The first-order valence-corrected chi connectivity index (χ1v) is 5.20. The molecule has 5 nitrogen and oxygen atoms in total. The molecule has 86 valence electrons. The first kappa shape index (κ1) is 12.1. The predicted octanol–water partition coefficient (Wildman–Crippen LogP) is -0.242. The molecule has 0 aromatic heterocycles. The van der Waals surface area contributed by atoms with Crippen LogP contribution in [0.5, 0.6) is 0 Å². The molecular weight excluding hydrogens is 196 g/mol. The van der Waals surface area contributed by atoms with Crippen LogP contribution in [0.2, 0.25) is 0 Å². The van der Waals surface area contributed by atoms with E-state index >= 15 is 0 Å². The van der Waals surface area contributed by atoms with Crippen molar-refractivity contribution in [1.29, 1.82) is 0 Å². The molecule has 0 bridgehead atoms. The predicted molar refractivity (Wildman–Crippen MR) is 55.3 cm³/mol. The summed E-state index contributed by atoms with van der Waals surface area (Å²) in [6.07, 6.45) is 0.581. The normalized spacial score (nSPS) is 24.5. The van der Waals surface area contributed by atoms with E-state index in [1.807, 2.05) is 13.8 Å². The third-order valence-electron chi connectivity index (χ3n) is 2.62. The van der Waals surface area contributed by atoms with Crippen LogP contribution in [0.1, 0.15) is 20.3 Å². The summed E-state index contributed by atoms with van der Waals surface area (Å²) >= 11 is 0. The molecule has 2 amide bonds. The van der Waals surface area contributed by atoms with Gasteiger partial charge in [-0.1, -0.05) is 6.92 Å². The molecular formula is C10H18N2O3. The number of nitrogens with zero attached hydrogens (tertiary/aromatic N) is 1. The third kappa shape index (κ3) is 2.76. The van der Waals surface area contributed by atoms with Crippen molar-refractivity contribution in [2.24, 2.45) is 0 Å². The van der Waals surface area contributed by atoms with Gasteiger partial charge in [0.2, 0.25) is 11.8 Å². The van der Waals surface area contributed by atoms with Crippen LogP contribution in [0.15, 0.2) is 0 Å². The SMILES string of the molecule is CCC1NCC(=O)N(CC(C)OC)C1=O. The Morgan fingerprint density at radius 1 is 1.60 bits per heavy atom. The van der Waals surface area contributed by atoms with Crippen molar-refractivity contribution in [3.8, 4) is 0 Å². The van der Waals surface area contributed by atoms with E-state index in [0.717, 1.165) is 0 Å². The molecule has 0 saturated carbocycles. The average Bonchev–Trinajstić information content (AvgIpc) is 2.24. The second-order valence-corrected chi connectivity index (χ2v) is 3.73. The fourth-order valence-corrected chi connectivity index (χ4v) is 1.55. The van der Waals surface area contributed by atoms with E-state index < -0.39 is 0 Å². The van der Waals surface area contributed by atoms with E-state index in [-0.39, 0.29) is 30.5 Å². The number of carbonyl (C=O) groups is 2. The molecule has 1 heterocycles. The Balaban J connectivity index is 2.66. The van der Waals surface area contributed by atoms with E-state index in [2.05, 4.69) is 5.32 Å². The van der Waals surface area contributed by atoms with Gasteiger partial charge in [-0.2, -0.15) is 0 Å². The van der Waals surface area contributed by atoms with Crippen molar-refractivity contribution in [2.75, 3.05) is 20.2 Å². The summed E-state index contributed by atoms with van der Waals surface area (Å²) in [5, 5.41) is 2.91. The topological polar surface area (TPSA) is 58.6 Å². The fourth-order valence-electron chi connectivity index (χ4n) is 1.55. The number of hydrogen-bond acceptors (Lipinski definition) is 4. The zero-order valence-corrected chi connectivity index (χ0v) is 9.45. The smallest absolute Gasteiger partial charge is 0.246 e. The molecule has 2 atom stereocenters. The molecule has 0 aromatic rings. The van der Waals surface area contributed by atoms with Gasteiger partial charge in [0.05, 0.1) is 25.2 Å². The van der Waals surface area contributed by atoms with E-state index in [9.17, 15) is 9.59 Å². The molecule has 1 saturated heterocycles. The summed E-state index contributed by atoms with van der Waals surface area (Å²) in [5.41, 5.74) is 0. The Morgan fingerprint density at radius 2 is 2.27 bits per heavy atom. The summed E-state index contributed by atoms with van der Waals surface area (Å²) < 4.78 is 5.05. The molecule has 1 aliphatic rings. The van der Waals surface area contributed by atoms with Gasteiger partial charge in [0.25, 0.3) is 0 Å². The van der Waals surface area contributed by atoms with Crippen LogP contribution in [0.4, 0.5) is 0 Å². The van der Waals surface area contributed by atoms with Gasteiger partial charge in [-0.05, 0) is 13.3 Å². The summed E-state index contributed by atoms with van der Waals surface area (Å²) in [6, 6.07) is -0.230. The molecule has 2 unspecified atom stereocenters. The van der Waals surface area contributed by atoms with Crippen molar-refractivity contribution in [3.63, 3.8) is 0 Å². The number of ether oxygens (including phenoxy) is 1. The first-order valence-electron chi connectivity index (χ1n) is 5.20. The van der Waals surface area contributed by atoms with Gasteiger partial charge >= 0.3 is 0 Å². The van der Waals surface area contributed by atoms with Crippen LogP contribution in [0, 0.1) is 0 Å².